The Hall–Kier alpha value is -2.70. The summed E-state index contributed by atoms with van der Waals surface area (Å²) in [4.78, 5) is 11.7. The van der Waals surface area contributed by atoms with Crippen LogP contribution in [0.25, 0.3) is 5.57 Å². The molecule has 2 rings (SSSR count). The zero-order chi connectivity index (χ0) is 16.4. The van der Waals surface area contributed by atoms with Crippen LogP contribution in [-0.2, 0) is 4.79 Å². The van der Waals surface area contributed by atoms with E-state index in [2.05, 4.69) is 11.3 Å². The van der Waals surface area contributed by atoms with E-state index in [0.29, 0.717) is 0 Å². The maximum Gasteiger partial charge on any atom is 0.343 e. The van der Waals surface area contributed by atoms with Gasteiger partial charge in [-0.25, -0.2) is 18.0 Å². The van der Waals surface area contributed by atoms with Crippen LogP contribution < -0.4 is 4.74 Å². The SMILES string of the molecule is C=C(C(=O)Oc1c(F)c(F)c(F)c(F)c1F)c1ccccc1. The Morgan fingerprint density at radius 2 is 1.27 bits per heavy atom. The summed E-state index contributed by atoms with van der Waals surface area (Å²) in [5.74, 6) is -14.2. The van der Waals surface area contributed by atoms with Crippen LogP contribution in [0.5, 0.6) is 5.75 Å². The second-order valence-corrected chi connectivity index (χ2v) is 4.13. The van der Waals surface area contributed by atoms with Crippen molar-refractivity contribution in [2.75, 3.05) is 0 Å². The van der Waals surface area contributed by atoms with Crippen molar-refractivity contribution in [3.05, 3.63) is 71.6 Å². The van der Waals surface area contributed by atoms with Gasteiger partial charge in [-0.1, -0.05) is 36.9 Å². The van der Waals surface area contributed by atoms with Crippen molar-refractivity contribution in [1.29, 1.82) is 0 Å². The summed E-state index contributed by atoms with van der Waals surface area (Å²) in [6.45, 7) is 3.36. The summed E-state index contributed by atoms with van der Waals surface area (Å²) in [5, 5.41) is 0. The topological polar surface area (TPSA) is 26.3 Å². The van der Waals surface area contributed by atoms with E-state index in [1.807, 2.05) is 0 Å². The fourth-order valence-corrected chi connectivity index (χ4v) is 1.59. The van der Waals surface area contributed by atoms with E-state index in [1.54, 1.807) is 18.2 Å². The van der Waals surface area contributed by atoms with E-state index in [4.69, 9.17) is 0 Å². The predicted molar refractivity (Wildman–Crippen MR) is 67.3 cm³/mol. The second-order valence-electron chi connectivity index (χ2n) is 4.13. The normalized spacial score (nSPS) is 10.4. The van der Waals surface area contributed by atoms with Gasteiger partial charge >= 0.3 is 5.97 Å². The molecule has 0 aliphatic rings. The number of ether oxygens (including phenoxy) is 1. The van der Waals surface area contributed by atoms with Crippen LogP contribution in [0, 0.1) is 29.1 Å². The molecule has 0 spiro atoms. The molecule has 0 amide bonds. The highest BCUT2D eigenvalue weighted by Crippen LogP contribution is 2.30. The zero-order valence-electron chi connectivity index (χ0n) is 10.8. The van der Waals surface area contributed by atoms with E-state index in [1.165, 1.54) is 12.1 Å². The number of esters is 1. The van der Waals surface area contributed by atoms with E-state index in [-0.39, 0.29) is 11.1 Å². The fraction of sp³-hybridized carbons (Fsp3) is 0. The monoisotopic (exact) mass is 314 g/mol. The van der Waals surface area contributed by atoms with Gasteiger partial charge in [-0.05, 0) is 5.56 Å². The van der Waals surface area contributed by atoms with Gasteiger partial charge in [-0.3, -0.25) is 0 Å². The molecule has 0 bridgehead atoms. The van der Waals surface area contributed by atoms with Crippen LogP contribution in [0.1, 0.15) is 5.56 Å². The van der Waals surface area contributed by atoms with Gasteiger partial charge in [0, 0.05) is 0 Å². The third-order valence-corrected chi connectivity index (χ3v) is 2.73. The third-order valence-electron chi connectivity index (χ3n) is 2.73. The summed E-state index contributed by atoms with van der Waals surface area (Å²) in [7, 11) is 0. The van der Waals surface area contributed by atoms with Crippen molar-refractivity contribution >= 4 is 11.5 Å². The number of rotatable bonds is 3. The number of hydrogen-bond donors (Lipinski definition) is 0. The van der Waals surface area contributed by atoms with Crippen LogP contribution in [0.4, 0.5) is 22.0 Å². The first-order chi connectivity index (χ1) is 10.3. The molecule has 0 fully saturated rings. The average molecular weight is 314 g/mol. The van der Waals surface area contributed by atoms with Crippen LogP contribution in [0.15, 0.2) is 36.9 Å². The molecule has 0 aliphatic carbocycles. The van der Waals surface area contributed by atoms with Gasteiger partial charge in [0.15, 0.2) is 0 Å². The lowest BCUT2D eigenvalue weighted by atomic mass is 10.1. The number of carbonyl (C=O) groups excluding carboxylic acids is 1. The van der Waals surface area contributed by atoms with E-state index in [9.17, 15) is 26.7 Å². The number of halogens is 5. The average Bonchev–Trinajstić information content (AvgIpc) is 2.55. The lowest BCUT2D eigenvalue weighted by Gasteiger charge is -2.10. The van der Waals surface area contributed by atoms with Crippen molar-refractivity contribution in [2.24, 2.45) is 0 Å². The summed E-state index contributed by atoms with van der Waals surface area (Å²) < 4.78 is 70.0. The van der Waals surface area contributed by atoms with Crippen molar-refractivity contribution in [1.82, 2.24) is 0 Å². The van der Waals surface area contributed by atoms with Crippen LogP contribution in [0.2, 0.25) is 0 Å². The Morgan fingerprint density at radius 1 is 0.818 bits per heavy atom. The highest BCUT2D eigenvalue weighted by molar-refractivity contribution is 6.16. The van der Waals surface area contributed by atoms with Gasteiger partial charge in [-0.15, -0.1) is 0 Å². The molecule has 0 atom stereocenters. The Bertz CT molecular complexity index is 727. The third kappa shape index (κ3) is 2.69. The minimum absolute atomic E-state index is 0.274. The molecule has 114 valence electrons. The van der Waals surface area contributed by atoms with Crippen molar-refractivity contribution in [2.45, 2.75) is 0 Å². The first kappa shape index (κ1) is 15.7. The molecule has 0 saturated heterocycles. The highest BCUT2D eigenvalue weighted by Gasteiger charge is 2.29. The molecule has 0 radical (unpaired) electrons. The van der Waals surface area contributed by atoms with E-state index < -0.39 is 40.8 Å². The Morgan fingerprint density at radius 3 is 1.77 bits per heavy atom. The molecule has 0 unspecified atom stereocenters. The van der Waals surface area contributed by atoms with Gasteiger partial charge in [0.25, 0.3) is 0 Å². The molecule has 0 aromatic heterocycles. The lowest BCUT2D eigenvalue weighted by Crippen LogP contribution is -2.14. The largest absolute Gasteiger partial charge is 0.416 e. The Kier molecular flexibility index (Phi) is 4.25. The van der Waals surface area contributed by atoms with Gasteiger partial charge in [-0.2, -0.15) is 8.78 Å². The smallest absolute Gasteiger partial charge is 0.343 e. The second kappa shape index (κ2) is 5.97. The molecule has 0 aliphatic heterocycles. The molecule has 2 nitrogen and oxygen atoms in total. The quantitative estimate of drug-likeness (QED) is 0.214. The summed E-state index contributed by atoms with van der Waals surface area (Å²) in [5.41, 5.74) is -0.0269. The zero-order valence-corrected chi connectivity index (χ0v) is 10.8. The minimum Gasteiger partial charge on any atom is -0.416 e. The minimum atomic E-state index is -2.34. The van der Waals surface area contributed by atoms with E-state index in [0.717, 1.165) is 0 Å². The molecule has 7 heteroatoms. The summed E-state index contributed by atoms with van der Waals surface area (Å²) in [6, 6.07) is 7.69. The summed E-state index contributed by atoms with van der Waals surface area (Å²) in [6.07, 6.45) is 0. The van der Waals surface area contributed by atoms with Gasteiger partial charge in [0.1, 0.15) is 0 Å². The Balaban J connectivity index is 2.36. The molecule has 0 heterocycles. The molecule has 2 aromatic carbocycles. The standard InChI is InChI=1S/C15H7F5O2/c1-7(8-5-3-2-4-6-8)15(21)22-14-12(19)10(17)9(16)11(18)13(14)20/h2-6H,1H2. The fourth-order valence-electron chi connectivity index (χ4n) is 1.59. The maximum atomic E-state index is 13.4. The molecular formula is C15H7F5O2. The number of benzene rings is 2. The molecular weight excluding hydrogens is 307 g/mol. The molecule has 22 heavy (non-hydrogen) atoms. The lowest BCUT2D eigenvalue weighted by molar-refractivity contribution is -0.128. The van der Waals surface area contributed by atoms with Crippen LogP contribution in [-0.4, -0.2) is 5.97 Å². The molecule has 0 N–H and O–H groups in total. The van der Waals surface area contributed by atoms with Gasteiger partial charge in [0.05, 0.1) is 5.57 Å². The van der Waals surface area contributed by atoms with Gasteiger partial charge < -0.3 is 4.74 Å². The molecule has 2 aromatic rings. The van der Waals surface area contributed by atoms with Crippen molar-refractivity contribution < 1.29 is 31.5 Å². The summed E-state index contributed by atoms with van der Waals surface area (Å²) >= 11 is 0. The van der Waals surface area contributed by atoms with E-state index >= 15 is 0 Å². The van der Waals surface area contributed by atoms with Crippen LogP contribution in [0.3, 0.4) is 0 Å². The number of hydrogen-bond acceptors (Lipinski definition) is 2. The predicted octanol–water partition coefficient (Wildman–Crippen LogP) is 4.00. The van der Waals surface area contributed by atoms with Crippen LogP contribution >= 0.6 is 0 Å². The van der Waals surface area contributed by atoms with Crippen molar-refractivity contribution in [3.8, 4) is 5.75 Å². The van der Waals surface area contributed by atoms with Gasteiger partial charge in [0.2, 0.25) is 34.8 Å². The highest BCUT2D eigenvalue weighted by atomic mass is 19.2. The first-order valence-electron chi connectivity index (χ1n) is 5.82. The first-order valence-corrected chi connectivity index (χ1v) is 5.82. The molecule has 0 saturated carbocycles. The maximum absolute atomic E-state index is 13.4. The van der Waals surface area contributed by atoms with Crippen molar-refractivity contribution in [3.63, 3.8) is 0 Å². The number of carbonyl (C=O) groups is 1. The Labute approximate surface area is 121 Å².